The summed E-state index contributed by atoms with van der Waals surface area (Å²) in [5, 5.41) is 9.99. The van der Waals surface area contributed by atoms with Gasteiger partial charge < -0.3 is 9.66 Å². The summed E-state index contributed by atoms with van der Waals surface area (Å²) in [4.78, 5) is 0.319. The Hall–Kier alpha value is -1.65. The van der Waals surface area contributed by atoms with Crippen LogP contribution in [-0.2, 0) is 11.1 Å². The summed E-state index contributed by atoms with van der Waals surface area (Å²) < 4.78 is 20.8. The molecule has 2 rings (SSSR count). The number of phenols is 1. The molecule has 94 valence electrons. The first-order chi connectivity index (χ1) is 8.52. The van der Waals surface area contributed by atoms with Gasteiger partial charge in [-0.1, -0.05) is 24.3 Å². The zero-order valence-corrected chi connectivity index (χ0v) is 11.0. The molecule has 2 aromatic rings. The highest BCUT2D eigenvalue weighted by molar-refractivity contribution is 7.79. The molecule has 0 aliphatic rings. The predicted molar refractivity (Wildman–Crippen MR) is 72.1 cm³/mol. The van der Waals surface area contributed by atoms with Crippen molar-refractivity contribution in [2.24, 2.45) is 0 Å². The number of phenolic OH excluding ortho intramolecular Hbond substituents is 1. The Morgan fingerprint density at radius 1 is 0.944 bits per heavy atom. The van der Waals surface area contributed by atoms with Gasteiger partial charge in [-0.2, -0.15) is 0 Å². The van der Waals surface area contributed by atoms with Crippen LogP contribution in [-0.4, -0.2) is 13.9 Å². The third-order valence-electron chi connectivity index (χ3n) is 2.92. The fraction of sp³-hybridized carbons (Fsp3) is 0.143. The van der Waals surface area contributed by atoms with E-state index in [0.29, 0.717) is 16.0 Å². The largest absolute Gasteiger partial charge is 0.507 e. The van der Waals surface area contributed by atoms with Crippen molar-refractivity contribution >= 4 is 11.1 Å². The zero-order chi connectivity index (χ0) is 13.3. The van der Waals surface area contributed by atoms with Gasteiger partial charge in [0.15, 0.2) is 11.1 Å². The highest BCUT2D eigenvalue weighted by Gasteiger charge is 2.16. The molecule has 0 saturated heterocycles. The van der Waals surface area contributed by atoms with Crippen molar-refractivity contribution in [3.63, 3.8) is 0 Å². The minimum Gasteiger partial charge on any atom is -0.507 e. The van der Waals surface area contributed by atoms with Crippen LogP contribution in [0.5, 0.6) is 5.75 Å². The maximum absolute atomic E-state index is 11.4. The van der Waals surface area contributed by atoms with Gasteiger partial charge in [0.05, 0.1) is 4.90 Å². The standard InChI is InChI=1S/C14H14O3S/c1-9-5-3-7-11(15)13(9)14-10(2)6-4-8-12(14)18(16)17/h3-8,15H,1-2H3,(H,16,17). The van der Waals surface area contributed by atoms with Gasteiger partial charge in [-0.15, -0.1) is 0 Å². The average Bonchev–Trinajstić information content (AvgIpc) is 2.30. The SMILES string of the molecule is Cc1cccc(O)c1-c1c(C)cccc1S(=O)O. The van der Waals surface area contributed by atoms with E-state index in [0.717, 1.165) is 11.1 Å². The van der Waals surface area contributed by atoms with Crippen LogP contribution < -0.4 is 0 Å². The van der Waals surface area contributed by atoms with E-state index in [9.17, 15) is 13.9 Å². The maximum Gasteiger partial charge on any atom is 0.187 e. The fourth-order valence-electron chi connectivity index (χ4n) is 2.08. The Kier molecular flexibility index (Phi) is 3.50. The van der Waals surface area contributed by atoms with Gasteiger partial charge in [0.2, 0.25) is 0 Å². The summed E-state index contributed by atoms with van der Waals surface area (Å²) in [6.45, 7) is 3.73. The second-order valence-corrected chi connectivity index (χ2v) is 5.10. The summed E-state index contributed by atoms with van der Waals surface area (Å²) in [5.74, 6) is 0.121. The number of hydrogen-bond donors (Lipinski definition) is 2. The van der Waals surface area contributed by atoms with E-state index in [1.807, 2.05) is 26.0 Å². The molecule has 0 bridgehead atoms. The second-order valence-electron chi connectivity index (χ2n) is 4.17. The van der Waals surface area contributed by atoms with Crippen molar-refractivity contribution in [2.75, 3.05) is 0 Å². The minimum absolute atomic E-state index is 0.121. The van der Waals surface area contributed by atoms with Gasteiger partial charge in [0.1, 0.15) is 5.75 Å². The van der Waals surface area contributed by atoms with Crippen molar-refractivity contribution in [2.45, 2.75) is 18.7 Å². The highest BCUT2D eigenvalue weighted by Crippen LogP contribution is 2.37. The molecule has 0 aliphatic heterocycles. The van der Waals surface area contributed by atoms with Crippen LogP contribution in [0.2, 0.25) is 0 Å². The quantitative estimate of drug-likeness (QED) is 0.817. The molecular formula is C14H14O3S. The summed E-state index contributed by atoms with van der Waals surface area (Å²) in [6.07, 6.45) is 0. The van der Waals surface area contributed by atoms with Crippen LogP contribution in [0.4, 0.5) is 0 Å². The summed E-state index contributed by atoms with van der Waals surface area (Å²) in [5.41, 5.74) is 2.98. The molecule has 18 heavy (non-hydrogen) atoms. The van der Waals surface area contributed by atoms with Crippen LogP contribution in [0.15, 0.2) is 41.3 Å². The molecule has 2 aromatic carbocycles. The Balaban J connectivity index is 2.82. The summed E-state index contributed by atoms with van der Waals surface area (Å²) in [6, 6.07) is 10.4. The lowest BCUT2D eigenvalue weighted by molar-refractivity contribution is 0.477. The van der Waals surface area contributed by atoms with E-state index in [1.54, 1.807) is 24.3 Å². The number of aryl methyl sites for hydroxylation is 2. The van der Waals surface area contributed by atoms with Gasteiger partial charge in [-0.3, -0.25) is 0 Å². The van der Waals surface area contributed by atoms with E-state index >= 15 is 0 Å². The molecule has 0 amide bonds. The topological polar surface area (TPSA) is 57.5 Å². The molecule has 0 fully saturated rings. The van der Waals surface area contributed by atoms with Crippen molar-refractivity contribution in [3.8, 4) is 16.9 Å². The van der Waals surface area contributed by atoms with Crippen molar-refractivity contribution in [1.29, 1.82) is 0 Å². The van der Waals surface area contributed by atoms with Gasteiger partial charge in [-0.25, -0.2) is 4.21 Å². The smallest absolute Gasteiger partial charge is 0.187 e. The van der Waals surface area contributed by atoms with Crippen LogP contribution in [0, 0.1) is 13.8 Å². The second kappa shape index (κ2) is 4.92. The van der Waals surface area contributed by atoms with E-state index in [4.69, 9.17) is 0 Å². The molecule has 0 radical (unpaired) electrons. The molecule has 0 heterocycles. The molecule has 0 aliphatic carbocycles. The van der Waals surface area contributed by atoms with Crippen LogP contribution >= 0.6 is 0 Å². The molecule has 0 spiro atoms. The van der Waals surface area contributed by atoms with Gasteiger partial charge in [0.25, 0.3) is 0 Å². The number of hydrogen-bond acceptors (Lipinski definition) is 2. The fourth-order valence-corrected chi connectivity index (χ4v) is 2.72. The first kappa shape index (κ1) is 12.8. The number of rotatable bonds is 2. The lowest BCUT2D eigenvalue weighted by Gasteiger charge is -2.14. The highest BCUT2D eigenvalue weighted by atomic mass is 32.2. The van der Waals surface area contributed by atoms with Crippen LogP contribution in [0.1, 0.15) is 11.1 Å². The Morgan fingerprint density at radius 3 is 2.06 bits per heavy atom. The van der Waals surface area contributed by atoms with Crippen molar-refractivity contribution < 1.29 is 13.9 Å². The first-order valence-electron chi connectivity index (χ1n) is 5.52. The lowest BCUT2D eigenvalue weighted by atomic mass is 9.96. The summed E-state index contributed by atoms with van der Waals surface area (Å²) in [7, 11) is 0. The number of aromatic hydroxyl groups is 1. The van der Waals surface area contributed by atoms with E-state index in [2.05, 4.69) is 0 Å². The minimum atomic E-state index is -2.08. The Bertz CT molecular complexity index is 600. The maximum atomic E-state index is 11.4. The molecule has 1 unspecified atom stereocenters. The lowest BCUT2D eigenvalue weighted by Crippen LogP contribution is -1.97. The molecule has 3 nitrogen and oxygen atoms in total. The van der Waals surface area contributed by atoms with E-state index in [-0.39, 0.29) is 5.75 Å². The summed E-state index contributed by atoms with van der Waals surface area (Å²) >= 11 is -2.08. The normalized spacial score (nSPS) is 12.4. The molecule has 1 atom stereocenters. The third-order valence-corrected chi connectivity index (χ3v) is 3.64. The number of benzene rings is 2. The monoisotopic (exact) mass is 262 g/mol. The first-order valence-corrected chi connectivity index (χ1v) is 6.62. The van der Waals surface area contributed by atoms with Gasteiger partial charge in [-0.05, 0) is 37.1 Å². The molecule has 0 saturated carbocycles. The molecule has 4 heteroatoms. The molecule has 0 aromatic heterocycles. The van der Waals surface area contributed by atoms with Crippen LogP contribution in [0.3, 0.4) is 0 Å². The third kappa shape index (κ3) is 2.17. The van der Waals surface area contributed by atoms with E-state index in [1.165, 1.54) is 0 Å². The van der Waals surface area contributed by atoms with Gasteiger partial charge >= 0.3 is 0 Å². The molecular weight excluding hydrogens is 248 g/mol. The Labute approximate surface area is 108 Å². The zero-order valence-electron chi connectivity index (χ0n) is 10.2. The van der Waals surface area contributed by atoms with Gasteiger partial charge in [0, 0.05) is 11.1 Å². The van der Waals surface area contributed by atoms with E-state index < -0.39 is 11.1 Å². The predicted octanol–water partition coefficient (Wildman–Crippen LogP) is 3.26. The Morgan fingerprint density at radius 2 is 1.50 bits per heavy atom. The molecule has 2 N–H and O–H groups in total. The van der Waals surface area contributed by atoms with Crippen molar-refractivity contribution in [3.05, 3.63) is 47.5 Å². The average molecular weight is 262 g/mol. The van der Waals surface area contributed by atoms with Crippen LogP contribution in [0.25, 0.3) is 11.1 Å². The van der Waals surface area contributed by atoms with Crippen molar-refractivity contribution in [1.82, 2.24) is 0 Å².